The molecule has 2 amide bonds. The van der Waals surface area contributed by atoms with E-state index in [1.807, 2.05) is 6.92 Å². The van der Waals surface area contributed by atoms with Crippen LogP contribution >= 0.6 is 0 Å². The predicted molar refractivity (Wildman–Crippen MR) is 69.5 cm³/mol. The minimum absolute atomic E-state index is 0.271. The van der Waals surface area contributed by atoms with Crippen LogP contribution in [0.1, 0.15) is 31.9 Å². The van der Waals surface area contributed by atoms with Crippen LogP contribution in [0.25, 0.3) is 0 Å². The molecule has 1 heterocycles. The second-order valence-corrected chi connectivity index (χ2v) is 4.34. The van der Waals surface area contributed by atoms with Gasteiger partial charge in [0.05, 0.1) is 12.2 Å². The number of unbranched alkanes of at least 4 members (excludes halogenated alkanes) is 1. The molecule has 1 atom stereocenters. The molecule has 0 spiro atoms. The molecule has 0 radical (unpaired) electrons. The van der Waals surface area contributed by atoms with E-state index in [9.17, 15) is 9.59 Å². The molecule has 0 aliphatic carbocycles. The fraction of sp³-hybridized carbons (Fsp3) is 0.583. The maximum atomic E-state index is 11.6. The first kappa shape index (κ1) is 15.0. The van der Waals surface area contributed by atoms with Gasteiger partial charge in [-0.15, -0.1) is 0 Å². The fourth-order valence-electron chi connectivity index (χ4n) is 1.60. The first-order valence-corrected chi connectivity index (χ1v) is 6.28. The molecule has 7 heteroatoms. The number of hydrogen-bond acceptors (Lipinski definition) is 3. The van der Waals surface area contributed by atoms with Crippen LogP contribution in [0.3, 0.4) is 0 Å². The minimum Gasteiger partial charge on any atom is -0.480 e. The number of carbonyl (C=O) groups is 2. The number of aliphatic carboxylic acids is 1. The van der Waals surface area contributed by atoms with Gasteiger partial charge >= 0.3 is 12.0 Å². The minimum atomic E-state index is -1.01. The van der Waals surface area contributed by atoms with E-state index in [0.29, 0.717) is 6.42 Å². The zero-order chi connectivity index (χ0) is 14.3. The standard InChI is InChI=1S/C12H20N4O3/c1-3-4-5-10(11(17)18)14-12(19)13-8-9-6-7-16(2)15-9/h6-7,10H,3-5,8H2,1-2H3,(H,17,18)(H2,13,14,19)/t10-/m0/s1. The molecule has 19 heavy (non-hydrogen) atoms. The van der Waals surface area contributed by atoms with Crippen molar-refractivity contribution in [3.8, 4) is 0 Å². The van der Waals surface area contributed by atoms with Crippen LogP contribution in [-0.2, 0) is 18.4 Å². The highest BCUT2D eigenvalue weighted by molar-refractivity contribution is 5.82. The van der Waals surface area contributed by atoms with Crippen molar-refractivity contribution in [2.45, 2.75) is 38.8 Å². The number of aromatic nitrogens is 2. The van der Waals surface area contributed by atoms with Crippen molar-refractivity contribution in [3.05, 3.63) is 18.0 Å². The van der Waals surface area contributed by atoms with Gasteiger partial charge in [0, 0.05) is 13.2 Å². The summed E-state index contributed by atoms with van der Waals surface area (Å²) in [5, 5.41) is 18.1. The Morgan fingerprint density at radius 2 is 2.26 bits per heavy atom. The number of carbonyl (C=O) groups excluding carboxylic acids is 1. The molecule has 3 N–H and O–H groups in total. The Bertz CT molecular complexity index is 430. The number of rotatable bonds is 7. The van der Waals surface area contributed by atoms with Gasteiger partial charge in [0.1, 0.15) is 6.04 Å². The van der Waals surface area contributed by atoms with Crippen LogP contribution in [0, 0.1) is 0 Å². The van der Waals surface area contributed by atoms with Crippen molar-refractivity contribution < 1.29 is 14.7 Å². The topological polar surface area (TPSA) is 96.3 Å². The summed E-state index contributed by atoms with van der Waals surface area (Å²) in [5.41, 5.74) is 0.720. The highest BCUT2D eigenvalue weighted by Crippen LogP contribution is 2.01. The molecule has 1 aromatic rings. The maximum Gasteiger partial charge on any atom is 0.326 e. The third-order valence-corrected chi connectivity index (χ3v) is 2.65. The van der Waals surface area contributed by atoms with Gasteiger partial charge in [-0.2, -0.15) is 5.10 Å². The van der Waals surface area contributed by atoms with Gasteiger partial charge in [0.15, 0.2) is 0 Å². The Kier molecular flexibility index (Phi) is 5.84. The molecule has 0 aliphatic rings. The summed E-state index contributed by atoms with van der Waals surface area (Å²) >= 11 is 0. The summed E-state index contributed by atoms with van der Waals surface area (Å²) in [6, 6.07) is 0.448. The monoisotopic (exact) mass is 268 g/mol. The molecule has 0 aromatic carbocycles. The summed E-state index contributed by atoms with van der Waals surface area (Å²) in [5.74, 6) is -1.01. The average molecular weight is 268 g/mol. The highest BCUT2D eigenvalue weighted by Gasteiger charge is 2.18. The first-order chi connectivity index (χ1) is 9.02. The third-order valence-electron chi connectivity index (χ3n) is 2.65. The number of carboxylic acid groups (broad SMARTS) is 1. The van der Waals surface area contributed by atoms with Crippen LogP contribution < -0.4 is 10.6 Å². The van der Waals surface area contributed by atoms with Gasteiger partial charge in [-0.25, -0.2) is 9.59 Å². The Morgan fingerprint density at radius 1 is 1.53 bits per heavy atom. The van der Waals surface area contributed by atoms with Gasteiger partial charge in [-0.1, -0.05) is 19.8 Å². The van der Waals surface area contributed by atoms with Crippen LogP contribution in [0.15, 0.2) is 12.3 Å². The Labute approximate surface area is 112 Å². The molecule has 1 rings (SSSR count). The van der Waals surface area contributed by atoms with E-state index in [1.54, 1.807) is 24.0 Å². The van der Waals surface area contributed by atoms with Crippen molar-refractivity contribution in [2.75, 3.05) is 0 Å². The first-order valence-electron chi connectivity index (χ1n) is 6.28. The molecule has 0 fully saturated rings. The van der Waals surface area contributed by atoms with Crippen LogP contribution in [0.2, 0.25) is 0 Å². The predicted octanol–water partition coefficient (Wildman–Crippen LogP) is 0.863. The SMILES string of the molecule is CCCC[C@H](NC(=O)NCc1ccn(C)n1)C(=O)O. The van der Waals surface area contributed by atoms with E-state index in [2.05, 4.69) is 15.7 Å². The van der Waals surface area contributed by atoms with E-state index in [0.717, 1.165) is 18.5 Å². The highest BCUT2D eigenvalue weighted by atomic mass is 16.4. The van der Waals surface area contributed by atoms with Crippen LogP contribution in [0.5, 0.6) is 0 Å². The number of urea groups is 1. The zero-order valence-corrected chi connectivity index (χ0v) is 11.2. The molecule has 0 saturated carbocycles. The van der Waals surface area contributed by atoms with Crippen molar-refractivity contribution in [1.29, 1.82) is 0 Å². The molecular formula is C12H20N4O3. The van der Waals surface area contributed by atoms with E-state index >= 15 is 0 Å². The lowest BCUT2D eigenvalue weighted by atomic mass is 10.1. The molecule has 0 unspecified atom stereocenters. The molecule has 0 bridgehead atoms. The average Bonchev–Trinajstić information content (AvgIpc) is 2.77. The summed E-state index contributed by atoms with van der Waals surface area (Å²) < 4.78 is 1.64. The number of hydrogen-bond donors (Lipinski definition) is 3. The number of amides is 2. The second-order valence-electron chi connectivity index (χ2n) is 4.34. The lowest BCUT2D eigenvalue weighted by Crippen LogP contribution is -2.45. The van der Waals surface area contributed by atoms with Crippen molar-refractivity contribution in [1.82, 2.24) is 20.4 Å². The number of nitrogens with zero attached hydrogens (tertiary/aromatic N) is 2. The summed E-state index contributed by atoms with van der Waals surface area (Å²) in [4.78, 5) is 22.5. The molecule has 0 saturated heterocycles. The van der Waals surface area contributed by atoms with Crippen LogP contribution in [-0.4, -0.2) is 32.9 Å². The van der Waals surface area contributed by atoms with Gasteiger partial charge in [-0.05, 0) is 12.5 Å². The Morgan fingerprint density at radius 3 is 2.79 bits per heavy atom. The summed E-state index contributed by atoms with van der Waals surface area (Å²) in [6.45, 7) is 2.24. The van der Waals surface area contributed by atoms with Gasteiger partial charge in [0.25, 0.3) is 0 Å². The molecule has 7 nitrogen and oxygen atoms in total. The van der Waals surface area contributed by atoms with E-state index < -0.39 is 18.0 Å². The van der Waals surface area contributed by atoms with Gasteiger partial charge in [-0.3, -0.25) is 4.68 Å². The zero-order valence-electron chi connectivity index (χ0n) is 11.2. The number of aryl methyl sites for hydroxylation is 1. The van der Waals surface area contributed by atoms with Gasteiger partial charge < -0.3 is 15.7 Å². The lowest BCUT2D eigenvalue weighted by molar-refractivity contribution is -0.139. The molecular weight excluding hydrogens is 248 g/mol. The van der Waals surface area contributed by atoms with E-state index in [4.69, 9.17) is 5.11 Å². The van der Waals surface area contributed by atoms with Crippen LogP contribution in [0.4, 0.5) is 4.79 Å². The Balaban J connectivity index is 2.37. The van der Waals surface area contributed by atoms with Gasteiger partial charge in [0.2, 0.25) is 0 Å². The van der Waals surface area contributed by atoms with Crippen molar-refractivity contribution in [3.63, 3.8) is 0 Å². The molecule has 0 aliphatic heterocycles. The number of carboxylic acids is 1. The smallest absolute Gasteiger partial charge is 0.326 e. The third kappa shape index (κ3) is 5.41. The van der Waals surface area contributed by atoms with E-state index in [1.165, 1.54) is 0 Å². The maximum absolute atomic E-state index is 11.6. The second kappa shape index (κ2) is 7.40. The van der Waals surface area contributed by atoms with Crippen molar-refractivity contribution >= 4 is 12.0 Å². The summed E-state index contributed by atoms with van der Waals surface area (Å²) in [6.07, 6.45) is 3.86. The lowest BCUT2D eigenvalue weighted by Gasteiger charge is -2.14. The quantitative estimate of drug-likeness (QED) is 0.683. The normalized spacial score (nSPS) is 11.9. The van der Waals surface area contributed by atoms with Crippen molar-refractivity contribution in [2.24, 2.45) is 7.05 Å². The summed E-state index contributed by atoms with van der Waals surface area (Å²) in [7, 11) is 1.79. The molecule has 1 aromatic heterocycles. The number of nitrogens with one attached hydrogen (secondary N) is 2. The fourth-order valence-corrected chi connectivity index (χ4v) is 1.60. The molecule has 106 valence electrons. The van der Waals surface area contributed by atoms with E-state index in [-0.39, 0.29) is 6.54 Å². The Hall–Kier alpha value is -2.05. The largest absolute Gasteiger partial charge is 0.480 e.